The van der Waals surface area contributed by atoms with Crippen molar-refractivity contribution in [2.45, 2.75) is 32.7 Å². The maximum absolute atomic E-state index is 11.9. The van der Waals surface area contributed by atoms with Gasteiger partial charge in [0.05, 0.1) is 29.3 Å². The summed E-state index contributed by atoms with van der Waals surface area (Å²) in [5.41, 5.74) is 1.96. The minimum absolute atomic E-state index is 0.208. The van der Waals surface area contributed by atoms with Gasteiger partial charge in [-0.05, 0) is 24.6 Å². The van der Waals surface area contributed by atoms with E-state index in [0.29, 0.717) is 13.2 Å². The lowest BCUT2D eigenvalue weighted by Crippen LogP contribution is -2.16. The molecule has 5 heteroatoms. The van der Waals surface area contributed by atoms with Crippen molar-refractivity contribution < 1.29 is 14.3 Å². The number of nitrogens with zero attached hydrogens (tertiary/aromatic N) is 1. The van der Waals surface area contributed by atoms with Gasteiger partial charge in [-0.3, -0.25) is 4.79 Å². The number of hydrogen-bond acceptors (Lipinski definition) is 5. The Morgan fingerprint density at radius 3 is 2.62 bits per heavy atom. The minimum Gasteiger partial charge on any atom is -0.461 e. The van der Waals surface area contributed by atoms with E-state index in [4.69, 9.17) is 9.47 Å². The van der Waals surface area contributed by atoms with Crippen LogP contribution in [0.4, 0.5) is 0 Å². The van der Waals surface area contributed by atoms with Crippen molar-refractivity contribution >= 4 is 27.5 Å². The van der Waals surface area contributed by atoms with E-state index in [1.165, 1.54) is 0 Å². The van der Waals surface area contributed by atoms with Crippen LogP contribution in [-0.4, -0.2) is 17.1 Å². The molecular formula is C19H19NO3S. The van der Waals surface area contributed by atoms with E-state index < -0.39 is 0 Å². The van der Waals surface area contributed by atoms with Crippen molar-refractivity contribution in [2.24, 2.45) is 0 Å². The third kappa shape index (κ3) is 4.63. The summed E-state index contributed by atoms with van der Waals surface area (Å²) in [7, 11) is 0. The number of carbonyl (C=O) groups excluding carboxylic acids is 1. The largest absolute Gasteiger partial charge is 0.461 e. The molecule has 0 spiro atoms. The molecule has 0 saturated heterocycles. The molecule has 1 heterocycles. The summed E-state index contributed by atoms with van der Waals surface area (Å²) in [6.45, 7) is 2.58. The fourth-order valence-electron chi connectivity index (χ4n) is 2.29. The van der Waals surface area contributed by atoms with Crippen LogP contribution in [0.15, 0.2) is 54.6 Å². The highest BCUT2D eigenvalue weighted by atomic mass is 32.1. The number of rotatable bonds is 7. The van der Waals surface area contributed by atoms with Crippen LogP contribution in [0.1, 0.15) is 23.9 Å². The zero-order valence-electron chi connectivity index (χ0n) is 13.5. The van der Waals surface area contributed by atoms with E-state index in [9.17, 15) is 4.79 Å². The van der Waals surface area contributed by atoms with Crippen LogP contribution in [0.5, 0.6) is 0 Å². The molecule has 0 aliphatic carbocycles. The molecule has 0 unspecified atom stereocenters. The number of para-hydroxylation sites is 1. The second-order valence-electron chi connectivity index (χ2n) is 5.55. The van der Waals surface area contributed by atoms with Gasteiger partial charge < -0.3 is 9.47 Å². The van der Waals surface area contributed by atoms with Crippen LogP contribution < -0.4 is 0 Å². The third-order valence-corrected chi connectivity index (χ3v) is 4.54. The van der Waals surface area contributed by atoms with E-state index in [1.54, 1.807) is 11.3 Å². The van der Waals surface area contributed by atoms with Crippen LogP contribution >= 0.6 is 11.3 Å². The van der Waals surface area contributed by atoms with Crippen molar-refractivity contribution in [1.29, 1.82) is 0 Å². The van der Waals surface area contributed by atoms with E-state index in [0.717, 1.165) is 20.8 Å². The monoisotopic (exact) mass is 341 g/mol. The Morgan fingerprint density at radius 1 is 1.08 bits per heavy atom. The molecule has 0 fully saturated rings. The predicted octanol–water partition coefficient (Wildman–Crippen LogP) is 4.33. The Morgan fingerprint density at radius 2 is 1.83 bits per heavy atom. The average Bonchev–Trinajstić information content (AvgIpc) is 3.02. The molecule has 1 atom stereocenters. The summed E-state index contributed by atoms with van der Waals surface area (Å²) in [6, 6.07) is 17.6. The van der Waals surface area contributed by atoms with Crippen molar-refractivity contribution in [3.8, 4) is 0 Å². The van der Waals surface area contributed by atoms with Gasteiger partial charge in [0, 0.05) is 0 Å². The maximum Gasteiger partial charge on any atom is 0.308 e. The van der Waals surface area contributed by atoms with Gasteiger partial charge in [-0.1, -0.05) is 42.5 Å². The summed E-state index contributed by atoms with van der Waals surface area (Å²) >= 11 is 1.61. The van der Waals surface area contributed by atoms with Crippen LogP contribution in [0.2, 0.25) is 0 Å². The number of hydrogen-bond donors (Lipinski definition) is 0. The second kappa shape index (κ2) is 8.04. The summed E-state index contributed by atoms with van der Waals surface area (Å²) < 4.78 is 12.1. The number of carbonyl (C=O) groups is 1. The van der Waals surface area contributed by atoms with Crippen LogP contribution in [0.25, 0.3) is 10.2 Å². The normalized spacial score (nSPS) is 12.2. The van der Waals surface area contributed by atoms with Gasteiger partial charge in [-0.2, -0.15) is 0 Å². The van der Waals surface area contributed by atoms with Crippen molar-refractivity contribution in [3.63, 3.8) is 0 Å². The quantitative estimate of drug-likeness (QED) is 0.600. The fourth-order valence-corrected chi connectivity index (χ4v) is 3.18. The molecule has 0 aliphatic heterocycles. The van der Waals surface area contributed by atoms with Crippen LogP contribution in [0.3, 0.4) is 0 Å². The van der Waals surface area contributed by atoms with E-state index >= 15 is 0 Å². The number of thiazole rings is 1. The Labute approximate surface area is 145 Å². The van der Waals surface area contributed by atoms with Crippen molar-refractivity contribution in [3.05, 3.63) is 65.2 Å². The smallest absolute Gasteiger partial charge is 0.308 e. The lowest BCUT2D eigenvalue weighted by atomic mass is 10.2. The second-order valence-corrected chi connectivity index (χ2v) is 6.66. The van der Waals surface area contributed by atoms with Gasteiger partial charge in [0.25, 0.3) is 0 Å². The molecule has 0 N–H and O–H groups in total. The highest BCUT2D eigenvalue weighted by Gasteiger charge is 2.12. The predicted molar refractivity (Wildman–Crippen MR) is 94.7 cm³/mol. The van der Waals surface area contributed by atoms with Gasteiger partial charge in [0.2, 0.25) is 0 Å². The lowest BCUT2D eigenvalue weighted by Gasteiger charge is -2.11. The zero-order chi connectivity index (χ0) is 16.8. The summed E-state index contributed by atoms with van der Waals surface area (Å²) in [5, 5.41) is 0.917. The molecule has 3 aromatic rings. The first-order chi connectivity index (χ1) is 11.7. The molecule has 0 radical (unpaired) electrons. The zero-order valence-corrected chi connectivity index (χ0v) is 14.3. The average molecular weight is 341 g/mol. The maximum atomic E-state index is 11.9. The summed E-state index contributed by atoms with van der Waals surface area (Å²) in [6.07, 6.45) is 0.0258. The first-order valence-corrected chi connectivity index (χ1v) is 8.68. The first kappa shape index (κ1) is 16.6. The molecule has 0 amide bonds. The van der Waals surface area contributed by atoms with Gasteiger partial charge in [-0.25, -0.2) is 4.98 Å². The third-order valence-electron chi connectivity index (χ3n) is 3.53. The minimum atomic E-state index is -0.254. The number of benzene rings is 2. The Balaban J connectivity index is 1.43. The topological polar surface area (TPSA) is 48.4 Å². The van der Waals surface area contributed by atoms with E-state index in [2.05, 4.69) is 4.98 Å². The van der Waals surface area contributed by atoms with Crippen LogP contribution in [0, 0.1) is 0 Å². The molecule has 0 aliphatic rings. The molecule has 24 heavy (non-hydrogen) atoms. The van der Waals surface area contributed by atoms with Crippen LogP contribution in [-0.2, 0) is 27.5 Å². The van der Waals surface area contributed by atoms with E-state index in [1.807, 2.05) is 61.5 Å². The lowest BCUT2D eigenvalue weighted by molar-refractivity contribution is -0.148. The number of esters is 1. The molecule has 4 nitrogen and oxygen atoms in total. The SMILES string of the molecule is C[C@H](CC(=O)OCc1ccccc1)OCc1nc2ccccc2s1. The van der Waals surface area contributed by atoms with Gasteiger partial charge in [0.1, 0.15) is 11.6 Å². The molecule has 124 valence electrons. The molecule has 2 aromatic carbocycles. The molecular weight excluding hydrogens is 322 g/mol. The van der Waals surface area contributed by atoms with Crippen molar-refractivity contribution in [2.75, 3.05) is 0 Å². The van der Waals surface area contributed by atoms with E-state index in [-0.39, 0.29) is 18.5 Å². The fraction of sp³-hybridized carbons (Fsp3) is 0.263. The molecule has 0 saturated carbocycles. The highest BCUT2D eigenvalue weighted by molar-refractivity contribution is 7.18. The Bertz CT molecular complexity index is 767. The molecule has 1 aromatic heterocycles. The number of fused-ring (bicyclic) bond motifs is 1. The Kier molecular flexibility index (Phi) is 5.56. The Hall–Kier alpha value is -2.24. The van der Waals surface area contributed by atoms with Gasteiger partial charge in [-0.15, -0.1) is 11.3 Å². The standard InChI is InChI=1S/C19H19NO3S/c1-14(11-19(21)23-12-15-7-3-2-4-8-15)22-13-18-20-16-9-5-6-10-17(16)24-18/h2-10,14H,11-13H2,1H3/t14-/m1/s1. The number of aromatic nitrogens is 1. The summed E-state index contributed by atoms with van der Waals surface area (Å²) in [5.74, 6) is -0.254. The molecule has 3 rings (SSSR count). The number of ether oxygens (including phenoxy) is 2. The van der Waals surface area contributed by atoms with Gasteiger partial charge >= 0.3 is 5.97 Å². The first-order valence-electron chi connectivity index (χ1n) is 7.86. The summed E-state index contributed by atoms with van der Waals surface area (Å²) in [4.78, 5) is 16.4. The highest BCUT2D eigenvalue weighted by Crippen LogP contribution is 2.22. The molecule has 0 bridgehead atoms. The van der Waals surface area contributed by atoms with Gasteiger partial charge in [0.15, 0.2) is 0 Å². The van der Waals surface area contributed by atoms with Crippen molar-refractivity contribution in [1.82, 2.24) is 4.98 Å².